The molecule has 0 saturated heterocycles. The van der Waals surface area contributed by atoms with E-state index in [1.165, 1.54) is 0 Å². The second-order valence-corrected chi connectivity index (χ2v) is 5.69. The Morgan fingerprint density at radius 3 is 2.08 bits per heavy atom. The maximum Gasteiger partial charge on any atom is 0.345 e. The molecule has 5 aromatic rings. The van der Waals surface area contributed by atoms with Crippen molar-refractivity contribution in [1.29, 1.82) is 0 Å². The van der Waals surface area contributed by atoms with E-state index >= 15 is 0 Å². The lowest BCUT2D eigenvalue weighted by atomic mass is 10.0. The zero-order valence-corrected chi connectivity index (χ0v) is 12.4. The average Bonchev–Trinajstić information content (AvgIpc) is 2.61. The van der Waals surface area contributed by atoms with Crippen molar-refractivity contribution in [2.24, 2.45) is 0 Å². The number of benzene rings is 3. The summed E-state index contributed by atoms with van der Waals surface area (Å²) in [6, 6.07) is 18.2. The third-order valence-electron chi connectivity index (χ3n) is 4.36. The summed E-state index contributed by atoms with van der Waals surface area (Å²) in [6.45, 7) is 0. The first-order valence-electron chi connectivity index (χ1n) is 7.54. The highest BCUT2D eigenvalue weighted by Crippen LogP contribution is 2.31. The lowest BCUT2D eigenvalue weighted by molar-refractivity contribution is 0.558. The summed E-state index contributed by atoms with van der Waals surface area (Å²) < 4.78 is 11.0. The lowest BCUT2D eigenvalue weighted by Gasteiger charge is -2.07. The molecule has 2 aromatic heterocycles. The van der Waals surface area contributed by atoms with E-state index < -0.39 is 11.3 Å². The van der Waals surface area contributed by atoms with Gasteiger partial charge in [-0.2, -0.15) is 0 Å². The normalized spacial score (nSPS) is 11.7. The van der Waals surface area contributed by atoms with E-state index in [2.05, 4.69) is 0 Å². The van der Waals surface area contributed by atoms with Gasteiger partial charge in [-0.3, -0.25) is 0 Å². The summed E-state index contributed by atoms with van der Waals surface area (Å²) in [6.07, 6.45) is 0. The zero-order valence-electron chi connectivity index (χ0n) is 12.4. The molecule has 24 heavy (non-hydrogen) atoms. The van der Waals surface area contributed by atoms with Crippen LogP contribution in [0.15, 0.2) is 79.1 Å². The van der Waals surface area contributed by atoms with Gasteiger partial charge in [0.1, 0.15) is 11.2 Å². The van der Waals surface area contributed by atoms with Crippen molar-refractivity contribution in [1.82, 2.24) is 0 Å². The summed E-state index contributed by atoms with van der Waals surface area (Å²) >= 11 is 0. The second kappa shape index (κ2) is 4.55. The van der Waals surface area contributed by atoms with Crippen molar-refractivity contribution >= 4 is 43.5 Å². The van der Waals surface area contributed by atoms with Crippen LogP contribution in [0.25, 0.3) is 43.5 Å². The van der Waals surface area contributed by atoms with Crippen molar-refractivity contribution in [2.45, 2.75) is 0 Å². The average molecular weight is 314 g/mol. The highest BCUT2D eigenvalue weighted by molar-refractivity contribution is 6.21. The second-order valence-electron chi connectivity index (χ2n) is 5.69. The smallest absolute Gasteiger partial charge is 0.345 e. The van der Waals surface area contributed by atoms with Gasteiger partial charge in [-0.1, -0.05) is 48.5 Å². The quantitative estimate of drug-likeness (QED) is 0.317. The molecule has 0 fully saturated rings. The summed E-state index contributed by atoms with van der Waals surface area (Å²) in [5, 5.41) is 3.55. The monoisotopic (exact) mass is 314 g/mol. The number of para-hydroxylation sites is 1. The molecule has 114 valence electrons. The summed E-state index contributed by atoms with van der Waals surface area (Å²) in [7, 11) is 0. The van der Waals surface area contributed by atoms with Crippen LogP contribution in [-0.4, -0.2) is 0 Å². The van der Waals surface area contributed by atoms with E-state index in [9.17, 15) is 9.59 Å². The Labute approximate surface area is 134 Å². The molecule has 0 aliphatic rings. The van der Waals surface area contributed by atoms with Gasteiger partial charge in [-0.05, 0) is 22.9 Å². The summed E-state index contributed by atoms with van der Waals surface area (Å²) in [5.41, 5.74) is -0.300. The molecular weight excluding hydrogens is 304 g/mol. The van der Waals surface area contributed by atoms with Crippen LogP contribution in [0.1, 0.15) is 0 Å². The molecule has 4 nitrogen and oxygen atoms in total. The van der Waals surface area contributed by atoms with E-state index in [1.54, 1.807) is 30.3 Å². The van der Waals surface area contributed by atoms with Crippen molar-refractivity contribution in [3.63, 3.8) is 0 Å². The molecule has 0 radical (unpaired) electrons. The van der Waals surface area contributed by atoms with Crippen LogP contribution in [0.2, 0.25) is 0 Å². The Kier molecular flexibility index (Phi) is 2.48. The van der Waals surface area contributed by atoms with Crippen LogP contribution in [-0.2, 0) is 0 Å². The first kappa shape index (κ1) is 13.1. The van der Waals surface area contributed by atoms with E-state index in [0.29, 0.717) is 21.9 Å². The van der Waals surface area contributed by atoms with E-state index in [0.717, 1.165) is 10.8 Å². The standard InChI is InChI=1S/C20H10O4/c21-19-17-13-7-3-4-8-14(13)23-20(22)18(17)16-12-6-2-1-5-11(12)9-10-15(16)24-19/h1-10H. The predicted octanol–water partition coefficient (Wildman–Crippen LogP) is 4.21. The molecule has 0 aliphatic heterocycles. The van der Waals surface area contributed by atoms with E-state index in [-0.39, 0.29) is 10.8 Å². The van der Waals surface area contributed by atoms with Gasteiger partial charge < -0.3 is 8.83 Å². The van der Waals surface area contributed by atoms with Gasteiger partial charge >= 0.3 is 11.3 Å². The van der Waals surface area contributed by atoms with Crippen LogP contribution in [0.3, 0.4) is 0 Å². The fourth-order valence-electron chi connectivity index (χ4n) is 3.33. The first-order valence-corrected chi connectivity index (χ1v) is 7.54. The number of rotatable bonds is 0. The molecule has 0 aliphatic carbocycles. The molecular formula is C20H10O4. The Morgan fingerprint density at radius 1 is 0.542 bits per heavy atom. The molecule has 0 spiro atoms. The predicted molar refractivity (Wildman–Crippen MR) is 93.5 cm³/mol. The first-order chi connectivity index (χ1) is 11.7. The maximum atomic E-state index is 12.7. The molecule has 4 heteroatoms. The molecule has 0 N–H and O–H groups in total. The summed E-state index contributed by atoms with van der Waals surface area (Å²) in [5.74, 6) is 0. The third-order valence-corrected chi connectivity index (χ3v) is 4.36. The fraction of sp³-hybridized carbons (Fsp3) is 0. The lowest BCUT2D eigenvalue weighted by Crippen LogP contribution is -2.09. The summed E-state index contributed by atoms with van der Waals surface area (Å²) in [4.78, 5) is 25.2. The van der Waals surface area contributed by atoms with Gasteiger partial charge in [0.2, 0.25) is 0 Å². The van der Waals surface area contributed by atoms with E-state index in [1.807, 2.05) is 30.3 Å². The molecule has 0 atom stereocenters. The van der Waals surface area contributed by atoms with Crippen molar-refractivity contribution in [3.8, 4) is 0 Å². The van der Waals surface area contributed by atoms with Gasteiger partial charge in [0.15, 0.2) is 0 Å². The van der Waals surface area contributed by atoms with Crippen LogP contribution in [0, 0.1) is 0 Å². The van der Waals surface area contributed by atoms with Gasteiger partial charge in [-0.15, -0.1) is 0 Å². The molecule has 0 bridgehead atoms. The molecule has 2 heterocycles. The Bertz CT molecular complexity index is 1390. The van der Waals surface area contributed by atoms with E-state index in [4.69, 9.17) is 8.83 Å². The van der Waals surface area contributed by atoms with Crippen LogP contribution < -0.4 is 11.3 Å². The Hall–Kier alpha value is -3.40. The fourth-order valence-corrected chi connectivity index (χ4v) is 3.33. The number of fused-ring (bicyclic) bond motifs is 7. The van der Waals surface area contributed by atoms with Gasteiger partial charge in [0, 0.05) is 10.8 Å². The molecule has 3 aromatic carbocycles. The topological polar surface area (TPSA) is 60.4 Å². The van der Waals surface area contributed by atoms with Gasteiger partial charge in [-0.25, -0.2) is 9.59 Å². The van der Waals surface area contributed by atoms with Crippen LogP contribution in [0.5, 0.6) is 0 Å². The molecule has 5 rings (SSSR count). The largest absolute Gasteiger partial charge is 0.422 e. The minimum absolute atomic E-state index is 0.269. The van der Waals surface area contributed by atoms with Crippen LogP contribution in [0.4, 0.5) is 0 Å². The number of hydrogen-bond donors (Lipinski definition) is 0. The van der Waals surface area contributed by atoms with Crippen LogP contribution >= 0.6 is 0 Å². The molecule has 0 saturated carbocycles. The Balaban J connectivity index is 2.24. The third kappa shape index (κ3) is 1.62. The SMILES string of the molecule is O=c1oc2ccc3ccccc3c2c2c(=O)oc3ccccc3c12. The minimum Gasteiger partial charge on any atom is -0.422 e. The zero-order chi connectivity index (χ0) is 16.3. The molecule has 0 amide bonds. The van der Waals surface area contributed by atoms with Crippen molar-refractivity contribution in [3.05, 3.63) is 81.5 Å². The van der Waals surface area contributed by atoms with Gasteiger partial charge in [0.05, 0.1) is 10.8 Å². The minimum atomic E-state index is -0.531. The van der Waals surface area contributed by atoms with Crippen molar-refractivity contribution in [2.75, 3.05) is 0 Å². The number of hydrogen-bond acceptors (Lipinski definition) is 4. The Morgan fingerprint density at radius 2 is 1.21 bits per heavy atom. The van der Waals surface area contributed by atoms with Crippen molar-refractivity contribution < 1.29 is 8.83 Å². The highest BCUT2D eigenvalue weighted by Gasteiger charge is 2.17. The highest BCUT2D eigenvalue weighted by atomic mass is 16.4. The van der Waals surface area contributed by atoms with Gasteiger partial charge in [0.25, 0.3) is 0 Å². The molecule has 0 unspecified atom stereocenters. The maximum absolute atomic E-state index is 12.7.